The molecule has 3 aromatic rings. The molecule has 1 N–H and O–H groups in total. The lowest BCUT2D eigenvalue weighted by molar-refractivity contribution is 0.105. The van der Waals surface area contributed by atoms with Crippen molar-refractivity contribution in [2.75, 3.05) is 12.4 Å². The van der Waals surface area contributed by atoms with E-state index in [0.717, 1.165) is 34.8 Å². The molecule has 0 amide bonds. The molecule has 3 rings (SSSR count). The third-order valence-corrected chi connectivity index (χ3v) is 4.21. The largest absolute Gasteiger partial charge is 0.488 e. The van der Waals surface area contributed by atoms with Crippen LogP contribution in [0.2, 0.25) is 0 Å². The van der Waals surface area contributed by atoms with Gasteiger partial charge >= 0.3 is 0 Å². The van der Waals surface area contributed by atoms with E-state index in [0.29, 0.717) is 0 Å². The highest BCUT2D eigenvalue weighted by Gasteiger charge is 2.18. The van der Waals surface area contributed by atoms with Crippen molar-refractivity contribution in [3.63, 3.8) is 0 Å². The highest BCUT2D eigenvalue weighted by atomic mass is 16.5. The maximum Gasteiger partial charge on any atom is 0.137 e. The third kappa shape index (κ3) is 3.02. The first kappa shape index (κ1) is 15.4. The second-order valence-corrected chi connectivity index (χ2v) is 6.24. The predicted octanol–water partition coefficient (Wildman–Crippen LogP) is 4.61. The Labute approximate surface area is 137 Å². The van der Waals surface area contributed by atoms with Crippen molar-refractivity contribution < 1.29 is 4.74 Å². The number of pyridine rings is 1. The van der Waals surface area contributed by atoms with Gasteiger partial charge in [-0.2, -0.15) is 0 Å². The monoisotopic (exact) mass is 309 g/mol. The molecule has 0 saturated heterocycles. The minimum absolute atomic E-state index is 0.170. The predicted molar refractivity (Wildman–Crippen MR) is 95.2 cm³/mol. The number of ether oxygens (including phenoxy) is 1. The lowest BCUT2D eigenvalue weighted by atomic mass is 10.1. The summed E-state index contributed by atoms with van der Waals surface area (Å²) in [7, 11) is 1.93. The molecule has 4 heteroatoms. The number of nitrogens with one attached hydrogen (secondary N) is 1. The minimum atomic E-state index is -0.170. The van der Waals surface area contributed by atoms with Crippen molar-refractivity contribution in [1.29, 1.82) is 0 Å². The number of nitrogens with zero attached hydrogens (tertiary/aromatic N) is 2. The molecule has 0 radical (unpaired) electrons. The van der Waals surface area contributed by atoms with Crippen LogP contribution in [0.25, 0.3) is 16.9 Å². The number of imidazole rings is 1. The number of anilines is 1. The van der Waals surface area contributed by atoms with Gasteiger partial charge in [0.25, 0.3) is 0 Å². The standard InChI is InChI=1S/C19H23N3O/c1-5-19(2,3)23-14-9-10-15(16(13-14)20-4)17-7-6-8-18-21-11-12-22(17)18/h6-13,20H,5H2,1-4H3. The Morgan fingerprint density at radius 1 is 1.22 bits per heavy atom. The van der Waals surface area contributed by atoms with Crippen LogP contribution in [0.5, 0.6) is 5.75 Å². The summed E-state index contributed by atoms with van der Waals surface area (Å²) in [6.07, 6.45) is 4.76. The molecule has 1 aromatic carbocycles. The van der Waals surface area contributed by atoms with Gasteiger partial charge in [-0.25, -0.2) is 4.98 Å². The first-order valence-electron chi connectivity index (χ1n) is 7.97. The van der Waals surface area contributed by atoms with Gasteiger partial charge in [-0.05, 0) is 44.5 Å². The van der Waals surface area contributed by atoms with Gasteiger partial charge in [0.05, 0.1) is 5.69 Å². The van der Waals surface area contributed by atoms with E-state index >= 15 is 0 Å². The Bertz CT molecular complexity index is 820. The highest BCUT2D eigenvalue weighted by Crippen LogP contribution is 2.33. The molecule has 2 heterocycles. The van der Waals surface area contributed by atoms with Crippen molar-refractivity contribution in [3.8, 4) is 17.0 Å². The molecule has 0 fully saturated rings. The van der Waals surface area contributed by atoms with Crippen LogP contribution in [-0.2, 0) is 0 Å². The maximum atomic E-state index is 6.10. The van der Waals surface area contributed by atoms with Crippen molar-refractivity contribution in [3.05, 3.63) is 48.8 Å². The molecule has 0 aliphatic carbocycles. The molecule has 2 aromatic heterocycles. The molecule has 0 spiro atoms. The Hall–Kier alpha value is -2.49. The van der Waals surface area contributed by atoms with Gasteiger partial charge in [-0.3, -0.25) is 4.40 Å². The fourth-order valence-electron chi connectivity index (χ4n) is 2.58. The van der Waals surface area contributed by atoms with Gasteiger partial charge in [-0.1, -0.05) is 13.0 Å². The van der Waals surface area contributed by atoms with Crippen LogP contribution >= 0.6 is 0 Å². The Kier molecular flexibility index (Phi) is 3.99. The molecule has 4 nitrogen and oxygen atoms in total. The number of hydrogen-bond donors (Lipinski definition) is 1. The van der Waals surface area contributed by atoms with E-state index in [1.165, 1.54) is 0 Å². The van der Waals surface area contributed by atoms with Crippen LogP contribution in [0.1, 0.15) is 27.2 Å². The molecule has 0 saturated carbocycles. The fourth-order valence-corrected chi connectivity index (χ4v) is 2.58. The second-order valence-electron chi connectivity index (χ2n) is 6.24. The average Bonchev–Trinajstić information content (AvgIpc) is 3.03. The summed E-state index contributed by atoms with van der Waals surface area (Å²) in [5.74, 6) is 0.878. The average molecular weight is 309 g/mol. The lowest BCUT2D eigenvalue weighted by Crippen LogP contribution is -2.26. The van der Waals surface area contributed by atoms with E-state index < -0.39 is 0 Å². The number of rotatable bonds is 5. The molecule has 0 atom stereocenters. The van der Waals surface area contributed by atoms with Crippen LogP contribution in [-0.4, -0.2) is 22.0 Å². The zero-order chi connectivity index (χ0) is 16.4. The summed E-state index contributed by atoms with van der Waals surface area (Å²) in [5, 5.41) is 3.28. The van der Waals surface area contributed by atoms with E-state index in [4.69, 9.17) is 4.74 Å². The Morgan fingerprint density at radius 3 is 2.78 bits per heavy atom. The van der Waals surface area contributed by atoms with Crippen molar-refractivity contribution in [2.24, 2.45) is 0 Å². The summed E-state index contributed by atoms with van der Waals surface area (Å²) in [5.41, 5.74) is 4.03. The molecule has 23 heavy (non-hydrogen) atoms. The van der Waals surface area contributed by atoms with E-state index in [1.54, 1.807) is 0 Å². The first-order chi connectivity index (χ1) is 11.0. The van der Waals surface area contributed by atoms with Crippen LogP contribution in [0.15, 0.2) is 48.8 Å². The fraction of sp³-hybridized carbons (Fsp3) is 0.316. The SMILES string of the molecule is CCC(C)(C)Oc1ccc(-c2cccc3nccn23)c(NC)c1. The van der Waals surface area contributed by atoms with E-state index in [-0.39, 0.29) is 5.60 Å². The van der Waals surface area contributed by atoms with Crippen LogP contribution in [0.3, 0.4) is 0 Å². The highest BCUT2D eigenvalue weighted by molar-refractivity contribution is 5.78. The number of fused-ring (bicyclic) bond motifs is 1. The van der Waals surface area contributed by atoms with Crippen LogP contribution in [0.4, 0.5) is 5.69 Å². The number of benzene rings is 1. The van der Waals surface area contributed by atoms with Gasteiger partial charge in [0.2, 0.25) is 0 Å². The summed E-state index contributed by atoms with van der Waals surface area (Å²) < 4.78 is 8.19. The van der Waals surface area contributed by atoms with E-state index in [1.807, 2.05) is 37.6 Å². The second kappa shape index (κ2) is 5.95. The molecule has 120 valence electrons. The maximum absolute atomic E-state index is 6.10. The number of hydrogen-bond acceptors (Lipinski definition) is 3. The summed E-state index contributed by atoms with van der Waals surface area (Å²) in [6.45, 7) is 6.34. The van der Waals surface area contributed by atoms with Gasteiger partial charge < -0.3 is 10.1 Å². The third-order valence-electron chi connectivity index (χ3n) is 4.21. The summed E-state index contributed by atoms with van der Waals surface area (Å²) >= 11 is 0. The number of aromatic nitrogens is 2. The van der Waals surface area contributed by atoms with Crippen molar-refractivity contribution in [2.45, 2.75) is 32.8 Å². The smallest absolute Gasteiger partial charge is 0.137 e. The zero-order valence-electron chi connectivity index (χ0n) is 14.1. The quantitative estimate of drug-likeness (QED) is 0.748. The molecular weight excluding hydrogens is 286 g/mol. The van der Waals surface area contributed by atoms with Gasteiger partial charge in [0.15, 0.2) is 0 Å². The van der Waals surface area contributed by atoms with E-state index in [9.17, 15) is 0 Å². The molecule has 0 aliphatic heterocycles. The van der Waals surface area contributed by atoms with Gasteiger partial charge in [0, 0.05) is 36.8 Å². The summed E-state index contributed by atoms with van der Waals surface area (Å²) in [6, 6.07) is 12.3. The lowest BCUT2D eigenvalue weighted by Gasteiger charge is -2.25. The van der Waals surface area contributed by atoms with Crippen molar-refractivity contribution >= 4 is 11.3 Å². The van der Waals surface area contributed by atoms with Crippen LogP contribution < -0.4 is 10.1 Å². The summed E-state index contributed by atoms with van der Waals surface area (Å²) in [4.78, 5) is 4.36. The Balaban J connectivity index is 2.05. The van der Waals surface area contributed by atoms with Gasteiger partial charge in [0.1, 0.15) is 17.0 Å². The Morgan fingerprint density at radius 2 is 2.04 bits per heavy atom. The topological polar surface area (TPSA) is 38.6 Å². The normalized spacial score (nSPS) is 11.7. The molecular formula is C19H23N3O. The minimum Gasteiger partial charge on any atom is -0.488 e. The first-order valence-corrected chi connectivity index (χ1v) is 7.97. The molecule has 0 bridgehead atoms. The molecule has 0 aliphatic rings. The van der Waals surface area contributed by atoms with Crippen molar-refractivity contribution in [1.82, 2.24) is 9.38 Å². The van der Waals surface area contributed by atoms with E-state index in [2.05, 4.69) is 53.7 Å². The zero-order valence-corrected chi connectivity index (χ0v) is 14.1. The van der Waals surface area contributed by atoms with Crippen LogP contribution in [0, 0.1) is 0 Å². The van der Waals surface area contributed by atoms with Gasteiger partial charge in [-0.15, -0.1) is 0 Å². The molecule has 0 unspecified atom stereocenters.